The highest BCUT2D eigenvalue weighted by Gasteiger charge is 2.22. The fourth-order valence-corrected chi connectivity index (χ4v) is 1.86. The van der Waals surface area contributed by atoms with Crippen LogP contribution >= 0.6 is 0 Å². The molecule has 0 atom stereocenters. The Labute approximate surface area is 122 Å². The lowest BCUT2D eigenvalue weighted by Crippen LogP contribution is -2.12. The molecule has 0 saturated carbocycles. The van der Waals surface area contributed by atoms with Gasteiger partial charge in [-0.25, -0.2) is 4.79 Å². The predicted molar refractivity (Wildman–Crippen MR) is 74.1 cm³/mol. The van der Waals surface area contributed by atoms with Crippen LogP contribution in [0.2, 0.25) is 0 Å². The van der Waals surface area contributed by atoms with Gasteiger partial charge in [-0.05, 0) is 32.4 Å². The smallest absolute Gasteiger partial charge is 0.338 e. The second-order valence-corrected chi connectivity index (χ2v) is 4.26. The molecule has 0 fully saturated rings. The van der Waals surface area contributed by atoms with Crippen LogP contribution in [0.25, 0.3) is 0 Å². The highest BCUT2D eigenvalue weighted by Crippen LogP contribution is 2.25. The van der Waals surface area contributed by atoms with E-state index in [2.05, 4.69) is 0 Å². The van der Waals surface area contributed by atoms with Gasteiger partial charge in [0.15, 0.2) is 0 Å². The molecule has 21 heavy (non-hydrogen) atoms. The molecule has 0 bridgehead atoms. The standard InChI is InChI=1S/C14H17NO6/c1-4-20-13(16)7-10-6-9(3)11(14(17)21-5-2)8-12(10)15(18)19/h6,8H,4-5,7H2,1-3H3. The number of carbonyl (C=O) groups excluding carboxylic acids is 2. The van der Waals surface area contributed by atoms with Gasteiger partial charge in [-0.2, -0.15) is 0 Å². The van der Waals surface area contributed by atoms with Gasteiger partial charge in [-0.15, -0.1) is 0 Å². The van der Waals surface area contributed by atoms with Crippen molar-refractivity contribution in [2.24, 2.45) is 0 Å². The lowest BCUT2D eigenvalue weighted by atomic mass is 10.0. The molecule has 0 spiro atoms. The van der Waals surface area contributed by atoms with Crippen molar-refractivity contribution in [1.29, 1.82) is 0 Å². The van der Waals surface area contributed by atoms with E-state index in [1.54, 1.807) is 20.8 Å². The van der Waals surface area contributed by atoms with E-state index in [4.69, 9.17) is 9.47 Å². The molecule has 114 valence electrons. The average Bonchev–Trinajstić information content (AvgIpc) is 2.38. The van der Waals surface area contributed by atoms with E-state index in [0.29, 0.717) is 5.56 Å². The van der Waals surface area contributed by atoms with E-state index in [1.165, 1.54) is 6.07 Å². The van der Waals surface area contributed by atoms with Gasteiger partial charge in [0.2, 0.25) is 0 Å². The number of ether oxygens (including phenoxy) is 2. The largest absolute Gasteiger partial charge is 0.466 e. The van der Waals surface area contributed by atoms with Gasteiger partial charge in [0.1, 0.15) is 0 Å². The third-order valence-electron chi connectivity index (χ3n) is 2.76. The summed E-state index contributed by atoms with van der Waals surface area (Å²) in [6.07, 6.45) is -0.214. The second-order valence-electron chi connectivity index (χ2n) is 4.26. The Kier molecular flexibility index (Phi) is 5.83. The van der Waals surface area contributed by atoms with Gasteiger partial charge in [-0.3, -0.25) is 14.9 Å². The molecule has 0 amide bonds. The minimum atomic E-state index is -0.628. The van der Waals surface area contributed by atoms with E-state index in [0.717, 1.165) is 6.07 Å². The van der Waals surface area contributed by atoms with E-state index in [1.807, 2.05) is 0 Å². The maximum Gasteiger partial charge on any atom is 0.338 e. The van der Waals surface area contributed by atoms with E-state index in [9.17, 15) is 19.7 Å². The summed E-state index contributed by atoms with van der Waals surface area (Å²) in [7, 11) is 0. The summed E-state index contributed by atoms with van der Waals surface area (Å²) >= 11 is 0. The Morgan fingerprint density at radius 3 is 2.33 bits per heavy atom. The third-order valence-corrected chi connectivity index (χ3v) is 2.76. The number of esters is 2. The summed E-state index contributed by atoms with van der Waals surface area (Å²) in [5, 5.41) is 11.1. The number of carbonyl (C=O) groups is 2. The van der Waals surface area contributed by atoms with Crippen molar-refractivity contribution < 1.29 is 24.0 Å². The molecule has 0 unspecified atom stereocenters. The van der Waals surface area contributed by atoms with Gasteiger partial charge in [0, 0.05) is 11.6 Å². The Bertz CT molecular complexity index is 567. The normalized spacial score (nSPS) is 10.0. The Morgan fingerprint density at radius 2 is 1.81 bits per heavy atom. The molecular weight excluding hydrogens is 278 g/mol. The van der Waals surface area contributed by atoms with Crippen molar-refractivity contribution in [3.8, 4) is 0 Å². The van der Waals surface area contributed by atoms with Crippen LogP contribution in [0, 0.1) is 17.0 Å². The highest BCUT2D eigenvalue weighted by molar-refractivity contribution is 5.92. The maximum atomic E-state index is 11.7. The first kappa shape index (κ1) is 16.6. The predicted octanol–water partition coefficient (Wildman–Crippen LogP) is 2.19. The second kappa shape index (κ2) is 7.37. The number of hydrogen-bond acceptors (Lipinski definition) is 6. The molecular formula is C14H17NO6. The number of nitro benzene ring substituents is 1. The Balaban J connectivity index is 3.21. The number of nitro groups is 1. The van der Waals surface area contributed by atoms with Crippen LogP contribution in [-0.4, -0.2) is 30.1 Å². The first-order chi connectivity index (χ1) is 9.90. The van der Waals surface area contributed by atoms with Gasteiger partial charge in [0.25, 0.3) is 5.69 Å². The van der Waals surface area contributed by atoms with E-state index in [-0.39, 0.29) is 36.4 Å². The molecule has 1 aromatic rings. The van der Waals surface area contributed by atoms with Crippen LogP contribution in [0.3, 0.4) is 0 Å². The Hall–Kier alpha value is -2.44. The molecule has 7 nitrogen and oxygen atoms in total. The maximum absolute atomic E-state index is 11.7. The van der Waals surface area contributed by atoms with Gasteiger partial charge in [-0.1, -0.05) is 0 Å². The monoisotopic (exact) mass is 295 g/mol. The van der Waals surface area contributed by atoms with E-state index >= 15 is 0 Å². The van der Waals surface area contributed by atoms with Gasteiger partial charge in [0.05, 0.1) is 30.1 Å². The SMILES string of the molecule is CCOC(=O)Cc1cc(C)c(C(=O)OCC)cc1[N+](=O)[O-]. The molecule has 0 aliphatic rings. The van der Waals surface area contributed by atoms with Crippen LogP contribution < -0.4 is 0 Å². The van der Waals surface area contributed by atoms with Crippen molar-refractivity contribution in [2.75, 3.05) is 13.2 Å². The quantitative estimate of drug-likeness (QED) is 0.453. The van der Waals surface area contributed by atoms with Gasteiger partial charge < -0.3 is 9.47 Å². The molecule has 0 heterocycles. The average molecular weight is 295 g/mol. The molecule has 0 radical (unpaired) electrons. The summed E-state index contributed by atoms with van der Waals surface area (Å²) in [6.45, 7) is 5.31. The van der Waals surface area contributed by atoms with Crippen LogP contribution in [0.1, 0.15) is 35.3 Å². The fourth-order valence-electron chi connectivity index (χ4n) is 1.86. The summed E-state index contributed by atoms with van der Waals surface area (Å²) in [6, 6.07) is 2.59. The number of hydrogen-bond donors (Lipinski definition) is 0. The highest BCUT2D eigenvalue weighted by atomic mass is 16.6. The number of aryl methyl sites for hydroxylation is 1. The van der Waals surface area contributed by atoms with Crippen LogP contribution in [-0.2, 0) is 20.7 Å². The van der Waals surface area contributed by atoms with Crippen LogP contribution in [0.5, 0.6) is 0 Å². The topological polar surface area (TPSA) is 95.7 Å². The number of rotatable bonds is 6. The summed E-state index contributed by atoms with van der Waals surface area (Å²) in [4.78, 5) is 33.7. The Morgan fingerprint density at radius 1 is 1.19 bits per heavy atom. The van der Waals surface area contributed by atoms with Crippen molar-refractivity contribution in [1.82, 2.24) is 0 Å². The lowest BCUT2D eigenvalue weighted by molar-refractivity contribution is -0.385. The van der Waals surface area contributed by atoms with Crippen molar-refractivity contribution >= 4 is 17.6 Å². The zero-order valence-electron chi connectivity index (χ0n) is 12.2. The summed E-state index contributed by atoms with van der Waals surface area (Å²) in [5.41, 5.74) is 0.551. The molecule has 0 saturated heterocycles. The first-order valence-electron chi connectivity index (χ1n) is 6.51. The minimum absolute atomic E-state index is 0.121. The number of benzene rings is 1. The third kappa shape index (κ3) is 4.27. The molecule has 0 aliphatic carbocycles. The molecule has 1 rings (SSSR count). The van der Waals surface area contributed by atoms with E-state index < -0.39 is 16.9 Å². The molecule has 0 aromatic heterocycles. The summed E-state index contributed by atoms with van der Waals surface area (Å²) in [5.74, 6) is -1.18. The first-order valence-corrected chi connectivity index (χ1v) is 6.51. The van der Waals surface area contributed by atoms with Crippen LogP contribution in [0.15, 0.2) is 12.1 Å². The lowest BCUT2D eigenvalue weighted by Gasteiger charge is -2.09. The van der Waals surface area contributed by atoms with Crippen molar-refractivity contribution in [2.45, 2.75) is 27.2 Å². The zero-order valence-corrected chi connectivity index (χ0v) is 12.2. The summed E-state index contributed by atoms with van der Waals surface area (Å²) < 4.78 is 9.63. The van der Waals surface area contributed by atoms with Gasteiger partial charge >= 0.3 is 11.9 Å². The molecule has 0 aliphatic heterocycles. The zero-order chi connectivity index (χ0) is 16.0. The van der Waals surface area contributed by atoms with Crippen LogP contribution in [0.4, 0.5) is 5.69 Å². The van der Waals surface area contributed by atoms with Crippen molar-refractivity contribution in [3.63, 3.8) is 0 Å². The number of nitrogens with zero attached hydrogens (tertiary/aromatic N) is 1. The van der Waals surface area contributed by atoms with Crippen molar-refractivity contribution in [3.05, 3.63) is 38.9 Å². The fraction of sp³-hybridized carbons (Fsp3) is 0.429. The minimum Gasteiger partial charge on any atom is -0.466 e. The molecule has 7 heteroatoms. The molecule has 1 aromatic carbocycles. The molecule has 0 N–H and O–H groups in total.